The number of aromatic nitrogens is 1. The van der Waals surface area contributed by atoms with Gasteiger partial charge in [0.15, 0.2) is 0 Å². The molecule has 3 N–H and O–H groups in total. The van der Waals surface area contributed by atoms with E-state index in [1.54, 1.807) is 24.3 Å². The molecule has 0 unspecified atom stereocenters. The number of carbonyl (C=O) groups excluding carboxylic acids is 1. The van der Waals surface area contributed by atoms with Crippen LogP contribution in [0.1, 0.15) is 21.7 Å². The van der Waals surface area contributed by atoms with Gasteiger partial charge in [-0.05, 0) is 43.3 Å². The van der Waals surface area contributed by atoms with Crippen LogP contribution in [0, 0.1) is 6.92 Å². The van der Waals surface area contributed by atoms with Crippen LogP contribution < -0.4 is 11.1 Å². The smallest absolute Gasteiger partial charge is 0.399 e. The predicted molar refractivity (Wildman–Crippen MR) is 72.8 cm³/mol. The molecule has 21 heavy (non-hydrogen) atoms. The molecule has 4 nitrogen and oxygen atoms in total. The lowest BCUT2D eigenvalue weighted by Gasteiger charge is -2.10. The van der Waals surface area contributed by atoms with Crippen molar-refractivity contribution in [3.8, 4) is 0 Å². The number of nitrogens with one attached hydrogen (secondary N) is 1. The van der Waals surface area contributed by atoms with Crippen LogP contribution in [0.3, 0.4) is 0 Å². The zero-order valence-corrected chi connectivity index (χ0v) is 11.0. The van der Waals surface area contributed by atoms with Crippen molar-refractivity contribution >= 4 is 17.3 Å². The van der Waals surface area contributed by atoms with E-state index in [2.05, 4.69) is 10.3 Å². The van der Waals surface area contributed by atoms with Crippen molar-refractivity contribution in [1.29, 1.82) is 0 Å². The molecular weight excluding hydrogens is 283 g/mol. The third-order valence-corrected chi connectivity index (χ3v) is 2.79. The van der Waals surface area contributed by atoms with Crippen LogP contribution in [-0.4, -0.2) is 10.9 Å². The van der Waals surface area contributed by atoms with E-state index in [0.29, 0.717) is 11.4 Å². The number of halogens is 3. The highest BCUT2D eigenvalue weighted by Gasteiger charge is 2.33. The normalized spacial score (nSPS) is 11.2. The number of hydrogen-bond acceptors (Lipinski definition) is 3. The van der Waals surface area contributed by atoms with Crippen LogP contribution in [0.2, 0.25) is 0 Å². The molecule has 110 valence electrons. The van der Waals surface area contributed by atoms with Crippen molar-refractivity contribution in [3.05, 3.63) is 53.3 Å². The number of nitrogen functional groups attached to an aromatic ring is 1. The second kappa shape index (κ2) is 5.43. The van der Waals surface area contributed by atoms with Gasteiger partial charge in [-0.3, -0.25) is 4.79 Å². The van der Waals surface area contributed by atoms with Crippen molar-refractivity contribution in [2.24, 2.45) is 0 Å². The van der Waals surface area contributed by atoms with Crippen LogP contribution >= 0.6 is 0 Å². The number of amides is 1. The summed E-state index contributed by atoms with van der Waals surface area (Å²) < 4.78 is 37.5. The summed E-state index contributed by atoms with van der Waals surface area (Å²) in [5.74, 6) is -0.529. The largest absolute Gasteiger partial charge is 0.433 e. The van der Waals surface area contributed by atoms with Crippen LogP contribution in [0.4, 0.5) is 24.5 Å². The molecule has 0 saturated carbocycles. The first kappa shape index (κ1) is 14.8. The lowest BCUT2D eigenvalue weighted by atomic mass is 10.1. The molecular formula is C14H12F3N3O. The first-order valence-corrected chi connectivity index (χ1v) is 5.99. The maximum Gasteiger partial charge on any atom is 0.433 e. The Balaban J connectivity index is 2.22. The van der Waals surface area contributed by atoms with Crippen LogP contribution in [0.25, 0.3) is 0 Å². The number of pyridine rings is 1. The first-order valence-electron chi connectivity index (χ1n) is 5.99. The number of aryl methyl sites for hydroxylation is 1. The highest BCUT2D eigenvalue weighted by atomic mass is 19.4. The summed E-state index contributed by atoms with van der Waals surface area (Å²) in [6.45, 7) is 1.35. The van der Waals surface area contributed by atoms with E-state index in [4.69, 9.17) is 5.73 Å². The highest BCUT2D eigenvalue weighted by Crippen LogP contribution is 2.28. The Morgan fingerprint density at radius 1 is 1.14 bits per heavy atom. The second-order valence-electron chi connectivity index (χ2n) is 4.40. The fourth-order valence-electron chi connectivity index (χ4n) is 1.72. The summed E-state index contributed by atoms with van der Waals surface area (Å²) in [5.41, 5.74) is 5.63. The van der Waals surface area contributed by atoms with Crippen LogP contribution in [0.15, 0.2) is 36.4 Å². The molecule has 1 aromatic carbocycles. The molecule has 0 saturated heterocycles. The minimum Gasteiger partial charge on any atom is -0.399 e. The van der Waals surface area contributed by atoms with Gasteiger partial charge in [-0.1, -0.05) is 0 Å². The summed E-state index contributed by atoms with van der Waals surface area (Å²) in [5, 5.41) is 2.57. The number of carbonyl (C=O) groups is 1. The third-order valence-electron chi connectivity index (χ3n) is 2.79. The molecule has 0 bridgehead atoms. The van der Waals surface area contributed by atoms with Crippen molar-refractivity contribution < 1.29 is 18.0 Å². The van der Waals surface area contributed by atoms with E-state index in [-0.39, 0.29) is 11.3 Å². The molecule has 2 aromatic rings. The SMILES string of the molecule is Cc1nc(C(F)(F)F)ccc1C(=O)Nc1ccc(N)cc1. The van der Waals surface area contributed by atoms with Gasteiger partial charge in [0.05, 0.1) is 11.3 Å². The number of hydrogen-bond donors (Lipinski definition) is 2. The molecule has 1 amide bonds. The number of rotatable bonds is 2. The fraction of sp³-hybridized carbons (Fsp3) is 0.143. The highest BCUT2D eigenvalue weighted by molar-refractivity contribution is 6.05. The zero-order chi connectivity index (χ0) is 15.6. The molecule has 0 aliphatic heterocycles. The van der Waals surface area contributed by atoms with Gasteiger partial charge in [-0.2, -0.15) is 13.2 Å². The van der Waals surface area contributed by atoms with Crippen molar-refractivity contribution in [1.82, 2.24) is 4.98 Å². The Labute approximate surface area is 118 Å². The minimum absolute atomic E-state index is 0.0118. The molecule has 2 rings (SSSR count). The zero-order valence-electron chi connectivity index (χ0n) is 11.0. The summed E-state index contributed by atoms with van der Waals surface area (Å²) >= 11 is 0. The summed E-state index contributed by atoms with van der Waals surface area (Å²) in [7, 11) is 0. The van der Waals surface area contributed by atoms with E-state index in [1.807, 2.05) is 0 Å². The van der Waals surface area contributed by atoms with Gasteiger partial charge in [0, 0.05) is 11.4 Å². The quantitative estimate of drug-likeness (QED) is 0.836. The topological polar surface area (TPSA) is 68.0 Å². The number of nitrogens with two attached hydrogens (primary N) is 1. The van der Waals surface area contributed by atoms with Crippen molar-refractivity contribution in [2.75, 3.05) is 11.1 Å². The molecule has 0 atom stereocenters. The van der Waals surface area contributed by atoms with Crippen LogP contribution in [0.5, 0.6) is 0 Å². The molecule has 1 aromatic heterocycles. The Morgan fingerprint density at radius 3 is 2.29 bits per heavy atom. The van der Waals surface area contributed by atoms with Crippen molar-refractivity contribution in [3.63, 3.8) is 0 Å². The fourth-order valence-corrected chi connectivity index (χ4v) is 1.72. The van der Waals surface area contributed by atoms with Gasteiger partial charge in [0.25, 0.3) is 5.91 Å². The van der Waals surface area contributed by atoms with Gasteiger partial charge >= 0.3 is 6.18 Å². The van der Waals surface area contributed by atoms with E-state index >= 15 is 0 Å². The second-order valence-corrected chi connectivity index (χ2v) is 4.40. The third kappa shape index (κ3) is 3.50. The van der Waals surface area contributed by atoms with Gasteiger partial charge in [-0.25, -0.2) is 4.98 Å². The first-order chi connectivity index (χ1) is 9.77. The average Bonchev–Trinajstić information content (AvgIpc) is 2.40. The van der Waals surface area contributed by atoms with Gasteiger partial charge < -0.3 is 11.1 Å². The molecule has 0 aliphatic rings. The Kier molecular flexibility index (Phi) is 3.84. The van der Waals surface area contributed by atoms with Gasteiger partial charge in [0.2, 0.25) is 0 Å². The summed E-state index contributed by atoms with van der Waals surface area (Å²) in [6, 6.07) is 8.30. The van der Waals surface area contributed by atoms with Crippen molar-refractivity contribution in [2.45, 2.75) is 13.1 Å². The molecule has 7 heteroatoms. The van der Waals surface area contributed by atoms with E-state index < -0.39 is 17.8 Å². The predicted octanol–water partition coefficient (Wildman–Crippen LogP) is 3.24. The van der Waals surface area contributed by atoms with E-state index in [9.17, 15) is 18.0 Å². The van der Waals surface area contributed by atoms with E-state index in [1.165, 1.54) is 6.92 Å². The van der Waals surface area contributed by atoms with Gasteiger partial charge in [-0.15, -0.1) is 0 Å². The average molecular weight is 295 g/mol. The Bertz CT molecular complexity index is 666. The van der Waals surface area contributed by atoms with Crippen LogP contribution in [-0.2, 0) is 6.18 Å². The molecule has 0 spiro atoms. The molecule has 1 heterocycles. The number of alkyl halides is 3. The minimum atomic E-state index is -4.53. The molecule has 0 fully saturated rings. The maximum absolute atomic E-state index is 12.5. The molecule has 0 aliphatic carbocycles. The number of nitrogens with zero attached hydrogens (tertiary/aromatic N) is 1. The standard InChI is InChI=1S/C14H12F3N3O/c1-8-11(6-7-12(19-8)14(15,16)17)13(21)20-10-4-2-9(18)3-5-10/h2-7H,18H2,1H3,(H,20,21). The summed E-state index contributed by atoms with van der Waals surface area (Å²) in [6.07, 6.45) is -4.53. The lowest BCUT2D eigenvalue weighted by Crippen LogP contribution is -2.16. The molecule has 0 radical (unpaired) electrons. The Morgan fingerprint density at radius 2 is 1.76 bits per heavy atom. The maximum atomic E-state index is 12.5. The lowest BCUT2D eigenvalue weighted by molar-refractivity contribution is -0.141. The monoisotopic (exact) mass is 295 g/mol. The summed E-state index contributed by atoms with van der Waals surface area (Å²) in [4.78, 5) is 15.4. The number of benzene rings is 1. The number of anilines is 2. The van der Waals surface area contributed by atoms with E-state index in [0.717, 1.165) is 12.1 Å². The Hall–Kier alpha value is -2.57. The van der Waals surface area contributed by atoms with Gasteiger partial charge in [0.1, 0.15) is 5.69 Å².